The van der Waals surface area contributed by atoms with Crippen LogP contribution < -0.4 is 16.6 Å². The zero-order valence-corrected chi connectivity index (χ0v) is 21.6. The van der Waals surface area contributed by atoms with Crippen molar-refractivity contribution in [1.29, 1.82) is 0 Å². The van der Waals surface area contributed by atoms with Gasteiger partial charge < -0.3 is 10.1 Å². The normalized spacial score (nSPS) is 11.2. The van der Waals surface area contributed by atoms with Gasteiger partial charge in [0.2, 0.25) is 0 Å². The fourth-order valence-electron chi connectivity index (χ4n) is 4.18. The number of hydrogen-bond donors (Lipinski definition) is 1. The second-order valence-corrected chi connectivity index (χ2v) is 9.49. The molecule has 7 nitrogen and oxygen atoms in total. The van der Waals surface area contributed by atoms with Crippen LogP contribution in [0.3, 0.4) is 0 Å². The summed E-state index contributed by atoms with van der Waals surface area (Å²) in [5, 5.41) is 3.38. The summed E-state index contributed by atoms with van der Waals surface area (Å²) in [6, 6.07) is 22.2. The van der Waals surface area contributed by atoms with E-state index in [0.717, 1.165) is 23.1 Å². The number of fused-ring (bicyclic) bond motifs is 1. The molecule has 1 N–H and O–H groups in total. The highest BCUT2D eigenvalue weighted by Gasteiger charge is 2.14. The molecule has 7 heteroatoms. The summed E-state index contributed by atoms with van der Waals surface area (Å²) in [7, 11) is 0. The molecular formula is C30H33N3O4. The Bertz CT molecular complexity index is 1480. The molecule has 0 aliphatic heterocycles. The number of benzene rings is 3. The van der Waals surface area contributed by atoms with Crippen LogP contribution in [-0.4, -0.2) is 34.3 Å². The van der Waals surface area contributed by atoms with E-state index in [1.165, 1.54) is 4.57 Å². The van der Waals surface area contributed by atoms with Gasteiger partial charge in [0.25, 0.3) is 11.5 Å². The molecule has 0 saturated heterocycles. The van der Waals surface area contributed by atoms with E-state index in [-0.39, 0.29) is 29.8 Å². The number of rotatable bonds is 10. The minimum Gasteiger partial charge on any atom is -0.379 e. The molecule has 0 bridgehead atoms. The second kappa shape index (κ2) is 11.8. The van der Waals surface area contributed by atoms with Crippen LogP contribution in [0.2, 0.25) is 0 Å². The van der Waals surface area contributed by atoms with Crippen molar-refractivity contribution in [3.05, 3.63) is 116 Å². The number of carbonyl (C=O) groups is 1. The molecule has 4 rings (SSSR count). The van der Waals surface area contributed by atoms with E-state index >= 15 is 0 Å². The molecular weight excluding hydrogens is 466 g/mol. The van der Waals surface area contributed by atoms with E-state index in [1.807, 2.05) is 51.1 Å². The summed E-state index contributed by atoms with van der Waals surface area (Å²) in [5.41, 5.74) is 3.33. The third kappa shape index (κ3) is 6.43. The first-order valence-electron chi connectivity index (χ1n) is 12.6. The van der Waals surface area contributed by atoms with Gasteiger partial charge in [-0.2, -0.15) is 0 Å². The Morgan fingerprint density at radius 3 is 2.16 bits per heavy atom. The molecule has 3 aromatic carbocycles. The lowest BCUT2D eigenvalue weighted by Gasteiger charge is -2.15. The van der Waals surface area contributed by atoms with Crippen molar-refractivity contribution < 1.29 is 9.53 Å². The van der Waals surface area contributed by atoms with Crippen LogP contribution in [0.15, 0.2) is 82.4 Å². The Hall–Kier alpha value is -3.97. The van der Waals surface area contributed by atoms with Gasteiger partial charge in [0.1, 0.15) is 0 Å². The predicted molar refractivity (Wildman–Crippen MR) is 146 cm³/mol. The Morgan fingerprint density at radius 1 is 0.865 bits per heavy atom. The topological polar surface area (TPSA) is 82.3 Å². The van der Waals surface area contributed by atoms with Gasteiger partial charge in [-0.1, -0.05) is 54.1 Å². The zero-order valence-electron chi connectivity index (χ0n) is 21.6. The third-order valence-corrected chi connectivity index (χ3v) is 6.21. The van der Waals surface area contributed by atoms with Crippen molar-refractivity contribution in [1.82, 2.24) is 14.5 Å². The van der Waals surface area contributed by atoms with E-state index in [9.17, 15) is 14.4 Å². The number of nitrogens with one attached hydrogen (secondary N) is 1. The Balaban J connectivity index is 1.55. The molecule has 0 saturated carbocycles. The van der Waals surface area contributed by atoms with Crippen molar-refractivity contribution in [2.24, 2.45) is 0 Å². The molecule has 0 unspecified atom stereocenters. The number of para-hydroxylation sites is 1. The van der Waals surface area contributed by atoms with Gasteiger partial charge >= 0.3 is 5.69 Å². The Labute approximate surface area is 216 Å². The van der Waals surface area contributed by atoms with E-state index in [1.54, 1.807) is 47.0 Å². The molecule has 192 valence electrons. The average Bonchev–Trinajstić information content (AvgIpc) is 2.90. The number of ether oxygens (including phenoxy) is 1. The first-order chi connectivity index (χ1) is 17.8. The lowest BCUT2D eigenvalue weighted by Crippen LogP contribution is -2.40. The molecule has 1 aromatic heterocycles. The summed E-state index contributed by atoms with van der Waals surface area (Å²) < 4.78 is 8.40. The van der Waals surface area contributed by atoms with Gasteiger partial charge in [-0.25, -0.2) is 4.79 Å². The van der Waals surface area contributed by atoms with Crippen molar-refractivity contribution in [3.8, 4) is 0 Å². The van der Waals surface area contributed by atoms with Crippen molar-refractivity contribution in [2.45, 2.75) is 46.4 Å². The predicted octanol–water partition coefficient (Wildman–Crippen LogP) is 4.11. The molecule has 0 fully saturated rings. The lowest BCUT2D eigenvalue weighted by atomic mass is 10.1. The van der Waals surface area contributed by atoms with Crippen molar-refractivity contribution in [2.75, 3.05) is 13.2 Å². The SMILES string of the molecule is Cc1ccc(Cn2c(=O)n(Cc3ccc(C(=O)NCCCOC(C)C)cc3)c(=O)c3ccccc32)cc1. The second-order valence-electron chi connectivity index (χ2n) is 9.49. The Morgan fingerprint density at radius 2 is 1.49 bits per heavy atom. The van der Waals surface area contributed by atoms with E-state index < -0.39 is 0 Å². The van der Waals surface area contributed by atoms with Crippen LogP contribution in [0.5, 0.6) is 0 Å². The van der Waals surface area contributed by atoms with E-state index in [0.29, 0.717) is 36.2 Å². The zero-order chi connectivity index (χ0) is 26.4. The lowest BCUT2D eigenvalue weighted by molar-refractivity contribution is 0.0757. The standard InChI is InChI=1S/C30H33N3O4/c1-21(2)37-18-6-17-31-28(34)25-15-13-24(14-16-25)20-33-29(35)26-7-4-5-8-27(26)32(30(33)36)19-23-11-9-22(3)10-12-23/h4-5,7-16,21H,6,17-20H2,1-3H3,(H,31,34). The largest absolute Gasteiger partial charge is 0.379 e. The monoisotopic (exact) mass is 499 g/mol. The molecule has 0 aliphatic rings. The fraction of sp³-hybridized carbons (Fsp3) is 0.300. The van der Waals surface area contributed by atoms with Crippen LogP contribution >= 0.6 is 0 Å². The van der Waals surface area contributed by atoms with Gasteiger partial charge in [0.05, 0.1) is 30.1 Å². The first kappa shape index (κ1) is 26.1. The smallest absolute Gasteiger partial charge is 0.332 e. The van der Waals surface area contributed by atoms with E-state index in [2.05, 4.69) is 5.32 Å². The molecule has 1 amide bonds. The number of hydrogen-bond acceptors (Lipinski definition) is 4. The summed E-state index contributed by atoms with van der Waals surface area (Å²) in [5.74, 6) is -0.167. The minimum atomic E-state index is -0.366. The molecule has 37 heavy (non-hydrogen) atoms. The number of carbonyl (C=O) groups excluding carboxylic acids is 1. The maximum Gasteiger partial charge on any atom is 0.332 e. The fourth-order valence-corrected chi connectivity index (χ4v) is 4.18. The van der Waals surface area contributed by atoms with Crippen molar-refractivity contribution in [3.63, 3.8) is 0 Å². The van der Waals surface area contributed by atoms with Crippen LogP contribution in [0.1, 0.15) is 47.3 Å². The van der Waals surface area contributed by atoms with Gasteiger partial charge in [0, 0.05) is 18.7 Å². The van der Waals surface area contributed by atoms with Gasteiger partial charge in [-0.3, -0.25) is 18.7 Å². The molecule has 0 aliphatic carbocycles. The van der Waals surface area contributed by atoms with Gasteiger partial charge in [-0.05, 0) is 62.6 Å². The van der Waals surface area contributed by atoms with E-state index in [4.69, 9.17) is 4.74 Å². The minimum absolute atomic E-state index is 0.116. The molecule has 0 spiro atoms. The highest BCUT2D eigenvalue weighted by Crippen LogP contribution is 2.12. The number of aromatic nitrogens is 2. The van der Waals surface area contributed by atoms with Crippen LogP contribution in [0.4, 0.5) is 0 Å². The molecule has 1 heterocycles. The molecule has 0 atom stereocenters. The summed E-state index contributed by atoms with van der Waals surface area (Å²) in [6.07, 6.45) is 0.909. The van der Waals surface area contributed by atoms with Crippen molar-refractivity contribution >= 4 is 16.8 Å². The maximum atomic E-state index is 13.5. The van der Waals surface area contributed by atoms with Crippen LogP contribution in [0.25, 0.3) is 10.9 Å². The summed E-state index contributed by atoms with van der Waals surface area (Å²) in [6.45, 7) is 7.57. The van der Waals surface area contributed by atoms with Crippen LogP contribution in [-0.2, 0) is 17.8 Å². The van der Waals surface area contributed by atoms with Gasteiger partial charge in [-0.15, -0.1) is 0 Å². The highest BCUT2D eigenvalue weighted by molar-refractivity contribution is 5.94. The number of amides is 1. The highest BCUT2D eigenvalue weighted by atomic mass is 16.5. The van der Waals surface area contributed by atoms with Crippen LogP contribution in [0, 0.1) is 6.92 Å². The average molecular weight is 500 g/mol. The quantitative estimate of drug-likeness (QED) is 0.333. The number of nitrogens with zero attached hydrogens (tertiary/aromatic N) is 2. The number of aryl methyl sites for hydroxylation is 1. The maximum absolute atomic E-state index is 13.5. The summed E-state index contributed by atoms with van der Waals surface area (Å²) in [4.78, 5) is 39.2. The Kier molecular flexibility index (Phi) is 8.36. The molecule has 4 aromatic rings. The van der Waals surface area contributed by atoms with Gasteiger partial charge in [0.15, 0.2) is 0 Å². The molecule has 0 radical (unpaired) electrons. The summed E-state index contributed by atoms with van der Waals surface area (Å²) >= 11 is 0. The first-order valence-corrected chi connectivity index (χ1v) is 12.6. The third-order valence-electron chi connectivity index (χ3n) is 6.21.